The lowest BCUT2D eigenvalue weighted by molar-refractivity contribution is -0.115. The molecule has 0 fully saturated rings. The van der Waals surface area contributed by atoms with Crippen molar-refractivity contribution in [3.05, 3.63) is 54.1 Å². The standard InChI is InChI=1S/C15H13N7OS/c1-10-16-2-3-22(10)13-7-12(17-9-18-13)20-14(23)6-11-8-21-4-5-24-15(21)19-11/h2-5,7-9H,6H2,1H3,(H,17,18,20,23). The van der Waals surface area contributed by atoms with Crippen LogP contribution in [0, 0.1) is 6.92 Å². The summed E-state index contributed by atoms with van der Waals surface area (Å²) in [6.07, 6.45) is 8.88. The van der Waals surface area contributed by atoms with E-state index in [9.17, 15) is 4.79 Å². The summed E-state index contributed by atoms with van der Waals surface area (Å²) in [6, 6.07) is 1.71. The maximum absolute atomic E-state index is 12.2. The van der Waals surface area contributed by atoms with Gasteiger partial charge in [0.25, 0.3) is 0 Å². The molecule has 0 saturated heterocycles. The molecule has 0 spiro atoms. The molecule has 1 N–H and O–H groups in total. The normalized spacial score (nSPS) is 11.0. The van der Waals surface area contributed by atoms with E-state index in [-0.39, 0.29) is 12.3 Å². The van der Waals surface area contributed by atoms with Gasteiger partial charge in [-0.2, -0.15) is 0 Å². The second-order valence-corrected chi connectivity index (χ2v) is 6.03. The first-order valence-corrected chi connectivity index (χ1v) is 8.10. The summed E-state index contributed by atoms with van der Waals surface area (Å²) >= 11 is 1.53. The number of rotatable bonds is 4. The van der Waals surface area contributed by atoms with Crippen LogP contribution in [0.5, 0.6) is 0 Å². The third-order valence-corrected chi connectivity index (χ3v) is 4.25. The first-order chi connectivity index (χ1) is 11.7. The number of nitrogens with zero attached hydrogens (tertiary/aromatic N) is 6. The third kappa shape index (κ3) is 2.76. The molecule has 0 aromatic carbocycles. The van der Waals surface area contributed by atoms with Gasteiger partial charge in [-0.05, 0) is 6.92 Å². The van der Waals surface area contributed by atoms with Crippen LogP contribution in [0.4, 0.5) is 5.82 Å². The first kappa shape index (κ1) is 14.5. The second kappa shape index (κ2) is 5.85. The summed E-state index contributed by atoms with van der Waals surface area (Å²) in [5.74, 6) is 1.73. The number of hydrogen-bond donors (Lipinski definition) is 1. The number of thiazole rings is 1. The molecule has 0 atom stereocenters. The SMILES string of the molecule is Cc1nccn1-c1cc(NC(=O)Cc2cn3ccsc3n2)ncn1. The van der Waals surface area contributed by atoms with Gasteiger partial charge in [-0.25, -0.2) is 19.9 Å². The first-order valence-electron chi connectivity index (χ1n) is 7.22. The molecule has 0 aliphatic heterocycles. The molecule has 1 amide bonds. The number of fused-ring (bicyclic) bond motifs is 1. The van der Waals surface area contributed by atoms with E-state index in [1.54, 1.807) is 18.5 Å². The van der Waals surface area contributed by atoms with Gasteiger partial charge < -0.3 is 5.32 Å². The quantitative estimate of drug-likeness (QED) is 0.613. The highest BCUT2D eigenvalue weighted by molar-refractivity contribution is 7.15. The number of anilines is 1. The van der Waals surface area contributed by atoms with Crippen LogP contribution in [-0.4, -0.2) is 34.8 Å². The van der Waals surface area contributed by atoms with E-state index in [0.717, 1.165) is 16.5 Å². The fourth-order valence-corrected chi connectivity index (χ4v) is 3.10. The molecule has 0 aliphatic rings. The Balaban J connectivity index is 1.49. The Morgan fingerprint density at radius 2 is 2.21 bits per heavy atom. The van der Waals surface area contributed by atoms with Gasteiger partial charge >= 0.3 is 0 Å². The molecule has 8 nitrogen and oxygen atoms in total. The molecule has 0 saturated carbocycles. The molecule has 4 aromatic rings. The molecule has 24 heavy (non-hydrogen) atoms. The highest BCUT2D eigenvalue weighted by Crippen LogP contribution is 2.13. The van der Waals surface area contributed by atoms with Crippen LogP contribution in [0.15, 0.2) is 42.6 Å². The van der Waals surface area contributed by atoms with E-state index in [0.29, 0.717) is 11.6 Å². The van der Waals surface area contributed by atoms with Gasteiger partial charge in [-0.15, -0.1) is 11.3 Å². The minimum Gasteiger partial charge on any atom is -0.310 e. The zero-order valence-corrected chi connectivity index (χ0v) is 13.6. The number of hydrogen-bond acceptors (Lipinski definition) is 6. The molecular formula is C15H13N7OS. The summed E-state index contributed by atoms with van der Waals surface area (Å²) in [6.45, 7) is 1.88. The molecule has 0 unspecified atom stereocenters. The van der Waals surface area contributed by atoms with Crippen LogP contribution in [-0.2, 0) is 11.2 Å². The van der Waals surface area contributed by atoms with E-state index in [1.165, 1.54) is 17.7 Å². The maximum atomic E-state index is 12.2. The van der Waals surface area contributed by atoms with Crippen LogP contribution < -0.4 is 5.32 Å². The summed E-state index contributed by atoms with van der Waals surface area (Å²) in [5, 5.41) is 4.73. The van der Waals surface area contributed by atoms with Crippen LogP contribution in [0.25, 0.3) is 10.8 Å². The summed E-state index contributed by atoms with van der Waals surface area (Å²) in [5.41, 5.74) is 0.721. The van der Waals surface area contributed by atoms with E-state index in [4.69, 9.17) is 0 Å². The van der Waals surface area contributed by atoms with Crippen LogP contribution in [0.3, 0.4) is 0 Å². The average Bonchev–Trinajstić information content (AvgIpc) is 3.23. The lowest BCUT2D eigenvalue weighted by Crippen LogP contribution is -2.16. The molecular weight excluding hydrogens is 326 g/mol. The number of aryl methyl sites for hydroxylation is 1. The van der Waals surface area contributed by atoms with Crippen molar-refractivity contribution < 1.29 is 4.79 Å². The Kier molecular flexibility index (Phi) is 3.54. The van der Waals surface area contributed by atoms with Gasteiger partial charge in [-0.3, -0.25) is 13.8 Å². The van der Waals surface area contributed by atoms with E-state index < -0.39 is 0 Å². The van der Waals surface area contributed by atoms with Crippen molar-refractivity contribution in [2.45, 2.75) is 13.3 Å². The average molecular weight is 339 g/mol. The highest BCUT2D eigenvalue weighted by Gasteiger charge is 2.10. The molecule has 0 aliphatic carbocycles. The summed E-state index contributed by atoms with van der Waals surface area (Å²) in [4.78, 5) is 29.9. The number of aromatic nitrogens is 6. The number of amides is 1. The van der Waals surface area contributed by atoms with Crippen molar-refractivity contribution in [1.82, 2.24) is 28.9 Å². The predicted molar refractivity (Wildman–Crippen MR) is 89.3 cm³/mol. The molecule has 0 bridgehead atoms. The maximum Gasteiger partial charge on any atom is 0.231 e. The molecule has 4 rings (SSSR count). The topological polar surface area (TPSA) is 90.0 Å². The number of carbonyl (C=O) groups is 1. The largest absolute Gasteiger partial charge is 0.310 e. The Bertz CT molecular complexity index is 987. The van der Waals surface area contributed by atoms with Crippen molar-refractivity contribution in [1.29, 1.82) is 0 Å². The van der Waals surface area contributed by atoms with Crippen LogP contribution >= 0.6 is 11.3 Å². The van der Waals surface area contributed by atoms with Gasteiger partial charge in [0, 0.05) is 36.2 Å². The van der Waals surface area contributed by atoms with Crippen molar-refractivity contribution in [2.75, 3.05) is 5.32 Å². The van der Waals surface area contributed by atoms with Crippen molar-refractivity contribution in [2.24, 2.45) is 0 Å². The van der Waals surface area contributed by atoms with Crippen LogP contribution in [0.1, 0.15) is 11.5 Å². The number of imidazole rings is 2. The zero-order valence-electron chi connectivity index (χ0n) is 12.7. The zero-order chi connectivity index (χ0) is 16.5. The van der Waals surface area contributed by atoms with E-state index in [2.05, 4.69) is 25.3 Å². The Labute approximate surface area is 140 Å². The van der Waals surface area contributed by atoms with Crippen LogP contribution in [0.2, 0.25) is 0 Å². The van der Waals surface area contributed by atoms with Crippen molar-refractivity contribution in [3.63, 3.8) is 0 Å². The van der Waals surface area contributed by atoms with Crippen molar-refractivity contribution >= 4 is 28.0 Å². The second-order valence-electron chi connectivity index (χ2n) is 5.16. The number of nitrogens with one attached hydrogen (secondary N) is 1. The van der Waals surface area contributed by atoms with Gasteiger partial charge in [0.05, 0.1) is 12.1 Å². The lowest BCUT2D eigenvalue weighted by atomic mass is 10.3. The Morgan fingerprint density at radius 1 is 1.29 bits per heavy atom. The summed E-state index contributed by atoms with van der Waals surface area (Å²) in [7, 11) is 0. The fraction of sp³-hybridized carbons (Fsp3) is 0.133. The molecule has 120 valence electrons. The predicted octanol–water partition coefficient (Wildman–Crippen LogP) is 1.86. The molecule has 0 radical (unpaired) electrons. The van der Waals surface area contributed by atoms with E-state index >= 15 is 0 Å². The minimum atomic E-state index is -0.173. The minimum absolute atomic E-state index is 0.173. The van der Waals surface area contributed by atoms with Gasteiger partial charge in [-0.1, -0.05) is 0 Å². The van der Waals surface area contributed by atoms with Gasteiger partial charge in [0.2, 0.25) is 5.91 Å². The van der Waals surface area contributed by atoms with Crippen molar-refractivity contribution in [3.8, 4) is 5.82 Å². The van der Waals surface area contributed by atoms with Gasteiger partial charge in [0.1, 0.15) is 23.8 Å². The van der Waals surface area contributed by atoms with E-state index in [1.807, 2.05) is 33.7 Å². The highest BCUT2D eigenvalue weighted by atomic mass is 32.1. The fourth-order valence-electron chi connectivity index (χ4n) is 2.38. The number of carbonyl (C=O) groups excluding carboxylic acids is 1. The third-order valence-electron chi connectivity index (χ3n) is 3.48. The Morgan fingerprint density at radius 3 is 3.00 bits per heavy atom. The smallest absolute Gasteiger partial charge is 0.231 e. The Hall–Kier alpha value is -3.07. The molecule has 4 heterocycles. The molecule has 9 heteroatoms. The van der Waals surface area contributed by atoms with Gasteiger partial charge in [0.15, 0.2) is 4.96 Å². The monoisotopic (exact) mass is 339 g/mol. The lowest BCUT2D eigenvalue weighted by Gasteiger charge is -2.07. The molecule has 4 aromatic heterocycles. The summed E-state index contributed by atoms with van der Waals surface area (Å²) < 4.78 is 3.72.